The van der Waals surface area contributed by atoms with E-state index in [2.05, 4.69) is 4.90 Å². The lowest BCUT2D eigenvalue weighted by molar-refractivity contribution is -0.130. The Morgan fingerprint density at radius 2 is 1.94 bits per heavy atom. The minimum atomic E-state index is -0.973. The SMILES string of the molecule is CCC(=O)C(C)(C)C1C2CN(C[C@H](O)COc3ccc(C#N)cc3)CC2CN1C(=O)O. The Morgan fingerprint density at radius 3 is 2.52 bits per heavy atom. The Balaban J connectivity index is 1.59. The van der Waals surface area contributed by atoms with E-state index in [1.165, 1.54) is 4.90 Å². The second kappa shape index (κ2) is 9.25. The lowest BCUT2D eigenvalue weighted by atomic mass is 9.73. The van der Waals surface area contributed by atoms with E-state index in [-0.39, 0.29) is 30.3 Å². The van der Waals surface area contributed by atoms with Gasteiger partial charge in [0.1, 0.15) is 24.2 Å². The first kappa shape index (κ1) is 23.0. The van der Waals surface area contributed by atoms with Crippen LogP contribution in [0.3, 0.4) is 0 Å². The third-order valence-corrected chi connectivity index (χ3v) is 6.66. The molecule has 8 heteroatoms. The predicted molar refractivity (Wildman–Crippen MR) is 114 cm³/mol. The molecule has 0 bridgehead atoms. The molecule has 2 fully saturated rings. The molecule has 2 aliphatic rings. The minimum absolute atomic E-state index is 0.0632. The predicted octanol–water partition coefficient (Wildman–Crippen LogP) is 2.21. The molecular formula is C23H31N3O5. The van der Waals surface area contributed by atoms with Crippen LogP contribution in [-0.2, 0) is 4.79 Å². The summed E-state index contributed by atoms with van der Waals surface area (Å²) in [6, 6.07) is 8.41. The van der Waals surface area contributed by atoms with Crippen molar-refractivity contribution < 1.29 is 24.5 Å². The first-order valence-electron chi connectivity index (χ1n) is 10.7. The molecule has 3 unspecified atom stereocenters. The number of aliphatic hydroxyl groups is 1. The Labute approximate surface area is 183 Å². The number of hydrogen-bond acceptors (Lipinski definition) is 6. The van der Waals surface area contributed by atoms with Crippen molar-refractivity contribution in [1.82, 2.24) is 9.80 Å². The smallest absolute Gasteiger partial charge is 0.407 e. The van der Waals surface area contributed by atoms with E-state index in [0.717, 1.165) is 0 Å². The second-order valence-electron chi connectivity index (χ2n) is 9.12. The Morgan fingerprint density at radius 1 is 1.26 bits per heavy atom. The van der Waals surface area contributed by atoms with Gasteiger partial charge in [-0.2, -0.15) is 5.26 Å². The number of β-amino-alcohol motifs (C(OH)–C–C–N with tert-alkyl or cyclic N) is 1. The zero-order chi connectivity index (χ0) is 22.8. The largest absolute Gasteiger partial charge is 0.491 e. The van der Waals surface area contributed by atoms with Crippen LogP contribution in [0.25, 0.3) is 0 Å². The molecule has 0 saturated carbocycles. The van der Waals surface area contributed by atoms with Crippen molar-refractivity contribution in [3.05, 3.63) is 29.8 Å². The quantitative estimate of drug-likeness (QED) is 0.651. The van der Waals surface area contributed by atoms with Gasteiger partial charge in [0.25, 0.3) is 0 Å². The minimum Gasteiger partial charge on any atom is -0.491 e. The van der Waals surface area contributed by atoms with Crippen molar-refractivity contribution in [2.24, 2.45) is 17.3 Å². The fourth-order valence-corrected chi connectivity index (χ4v) is 5.20. The maximum absolute atomic E-state index is 12.6. The highest BCUT2D eigenvalue weighted by Crippen LogP contribution is 2.44. The van der Waals surface area contributed by atoms with E-state index < -0.39 is 17.6 Å². The number of amides is 1. The lowest BCUT2D eigenvalue weighted by Gasteiger charge is -2.38. The Kier molecular flexibility index (Phi) is 6.87. The van der Waals surface area contributed by atoms with Crippen molar-refractivity contribution in [2.45, 2.75) is 39.3 Å². The van der Waals surface area contributed by atoms with Gasteiger partial charge in [-0.15, -0.1) is 0 Å². The van der Waals surface area contributed by atoms with Gasteiger partial charge in [-0.3, -0.25) is 9.69 Å². The summed E-state index contributed by atoms with van der Waals surface area (Å²) in [7, 11) is 0. The van der Waals surface area contributed by atoms with E-state index in [0.29, 0.717) is 43.9 Å². The summed E-state index contributed by atoms with van der Waals surface area (Å²) in [4.78, 5) is 28.0. The number of rotatable bonds is 8. The van der Waals surface area contributed by atoms with Gasteiger partial charge in [0, 0.05) is 38.0 Å². The van der Waals surface area contributed by atoms with Crippen molar-refractivity contribution in [3.63, 3.8) is 0 Å². The first-order chi connectivity index (χ1) is 14.7. The molecule has 0 aliphatic carbocycles. The van der Waals surface area contributed by atoms with Crippen LogP contribution in [0.5, 0.6) is 5.75 Å². The van der Waals surface area contributed by atoms with E-state index in [9.17, 15) is 19.8 Å². The van der Waals surface area contributed by atoms with Crippen LogP contribution in [-0.4, -0.2) is 76.8 Å². The molecule has 2 heterocycles. The topological polar surface area (TPSA) is 114 Å². The van der Waals surface area contributed by atoms with Crippen molar-refractivity contribution in [3.8, 4) is 11.8 Å². The van der Waals surface area contributed by atoms with Crippen molar-refractivity contribution >= 4 is 11.9 Å². The molecule has 1 aromatic carbocycles. The van der Waals surface area contributed by atoms with Gasteiger partial charge in [0.2, 0.25) is 0 Å². The van der Waals surface area contributed by atoms with Crippen LogP contribution in [0.2, 0.25) is 0 Å². The summed E-state index contributed by atoms with van der Waals surface area (Å²) < 4.78 is 5.62. The summed E-state index contributed by atoms with van der Waals surface area (Å²) in [6.07, 6.45) is -1.30. The molecule has 1 amide bonds. The van der Waals surface area contributed by atoms with E-state index in [1.54, 1.807) is 24.3 Å². The number of ketones is 1. The number of benzene rings is 1. The average molecular weight is 430 g/mol. The standard InChI is InChI=1S/C23H31N3O5/c1-4-20(28)23(2,3)21-19-13-25(10-16(19)11-26(21)22(29)30)12-17(27)14-31-18-7-5-15(9-24)6-8-18/h5-8,16-17,19,21,27H,4,10-14H2,1-3H3,(H,29,30)/t16?,17-,19?,21?/m0/s1. The summed E-state index contributed by atoms with van der Waals surface area (Å²) in [5.74, 6) is 0.872. The summed E-state index contributed by atoms with van der Waals surface area (Å²) in [5, 5.41) is 29.0. The van der Waals surface area contributed by atoms with Gasteiger partial charge in [-0.1, -0.05) is 20.8 Å². The second-order valence-corrected chi connectivity index (χ2v) is 9.12. The van der Waals surface area contributed by atoms with Gasteiger partial charge >= 0.3 is 6.09 Å². The number of Topliss-reactive ketones (excluding diaryl/α,β-unsaturated/α-hetero) is 1. The van der Waals surface area contributed by atoms with Gasteiger partial charge < -0.3 is 19.8 Å². The maximum atomic E-state index is 12.6. The van der Waals surface area contributed by atoms with Gasteiger partial charge in [-0.25, -0.2) is 4.79 Å². The molecule has 2 saturated heterocycles. The van der Waals surface area contributed by atoms with Crippen LogP contribution in [0, 0.1) is 28.6 Å². The normalized spacial score (nSPS) is 24.5. The average Bonchev–Trinajstić information content (AvgIpc) is 3.29. The Bertz CT molecular complexity index is 848. The summed E-state index contributed by atoms with van der Waals surface area (Å²) in [6.45, 7) is 7.82. The maximum Gasteiger partial charge on any atom is 0.407 e. The van der Waals surface area contributed by atoms with Crippen LogP contribution >= 0.6 is 0 Å². The molecule has 3 rings (SSSR count). The van der Waals surface area contributed by atoms with Gasteiger partial charge in [0.15, 0.2) is 0 Å². The van der Waals surface area contributed by atoms with E-state index in [1.807, 2.05) is 26.8 Å². The van der Waals surface area contributed by atoms with E-state index >= 15 is 0 Å². The Hall–Kier alpha value is -2.63. The highest BCUT2D eigenvalue weighted by molar-refractivity contribution is 5.85. The number of ether oxygens (including phenoxy) is 1. The number of carbonyl (C=O) groups is 2. The molecule has 2 N–H and O–H groups in total. The monoisotopic (exact) mass is 429 g/mol. The summed E-state index contributed by atoms with van der Waals surface area (Å²) >= 11 is 0. The highest BCUT2D eigenvalue weighted by atomic mass is 16.5. The van der Waals surface area contributed by atoms with Gasteiger partial charge in [0.05, 0.1) is 17.7 Å². The van der Waals surface area contributed by atoms with Crippen LogP contribution in [0.1, 0.15) is 32.8 Å². The molecule has 2 aliphatic heterocycles. The van der Waals surface area contributed by atoms with Crippen LogP contribution in [0.4, 0.5) is 4.79 Å². The highest BCUT2D eigenvalue weighted by Gasteiger charge is 2.55. The number of carboxylic acid groups (broad SMARTS) is 1. The fourth-order valence-electron chi connectivity index (χ4n) is 5.20. The molecule has 0 aromatic heterocycles. The van der Waals surface area contributed by atoms with Crippen molar-refractivity contribution in [1.29, 1.82) is 5.26 Å². The molecule has 0 radical (unpaired) electrons. The van der Waals surface area contributed by atoms with E-state index in [4.69, 9.17) is 10.00 Å². The zero-order valence-electron chi connectivity index (χ0n) is 18.3. The molecule has 0 spiro atoms. The first-order valence-corrected chi connectivity index (χ1v) is 10.7. The molecular weight excluding hydrogens is 398 g/mol. The lowest BCUT2D eigenvalue weighted by Crippen LogP contribution is -2.51. The molecule has 8 nitrogen and oxygen atoms in total. The van der Waals surface area contributed by atoms with Crippen LogP contribution in [0.15, 0.2) is 24.3 Å². The number of fused-ring (bicyclic) bond motifs is 1. The van der Waals surface area contributed by atoms with Crippen LogP contribution < -0.4 is 4.74 Å². The van der Waals surface area contributed by atoms with Gasteiger partial charge in [-0.05, 0) is 36.1 Å². The fraction of sp³-hybridized carbons (Fsp3) is 0.609. The summed E-state index contributed by atoms with van der Waals surface area (Å²) in [5.41, 5.74) is -0.203. The number of nitrogens with zero attached hydrogens (tertiary/aromatic N) is 3. The number of likely N-dealkylation sites (tertiary alicyclic amines) is 2. The molecule has 4 atom stereocenters. The zero-order valence-corrected chi connectivity index (χ0v) is 18.3. The molecule has 31 heavy (non-hydrogen) atoms. The molecule has 1 aromatic rings. The number of nitriles is 1. The number of hydrogen-bond donors (Lipinski definition) is 2. The third kappa shape index (κ3) is 4.83. The third-order valence-electron chi connectivity index (χ3n) is 6.66. The number of aliphatic hydroxyl groups excluding tert-OH is 1. The molecule has 168 valence electrons. The number of carbonyl (C=O) groups excluding carboxylic acids is 1. The van der Waals surface area contributed by atoms with Crippen molar-refractivity contribution in [2.75, 3.05) is 32.8 Å².